The Labute approximate surface area is 202 Å². The predicted molar refractivity (Wildman–Crippen MR) is 130 cm³/mol. The first-order chi connectivity index (χ1) is 15.8. The van der Waals surface area contributed by atoms with Crippen molar-refractivity contribution < 1.29 is 29.3 Å². The molecule has 1 aromatic rings. The molecule has 192 valence electrons. The van der Waals surface area contributed by atoms with E-state index in [9.17, 15) is 24.6 Å². The number of ether oxygens (including phenoxy) is 1. The molecule has 34 heavy (non-hydrogen) atoms. The molecule has 9 heteroatoms. The summed E-state index contributed by atoms with van der Waals surface area (Å²) < 4.78 is 5.23. The van der Waals surface area contributed by atoms with Crippen LogP contribution in [0.2, 0.25) is 0 Å². The number of aliphatic hydroxyl groups is 1. The molecule has 1 rings (SSSR count). The van der Waals surface area contributed by atoms with Gasteiger partial charge < -0.3 is 30.5 Å². The van der Waals surface area contributed by atoms with Crippen LogP contribution in [0.5, 0.6) is 5.75 Å². The molecular weight excluding hydrogens is 438 g/mol. The Morgan fingerprint density at radius 1 is 1.06 bits per heavy atom. The number of benzene rings is 1. The van der Waals surface area contributed by atoms with Crippen molar-refractivity contribution in [2.24, 2.45) is 0 Å². The number of hydrogen-bond acceptors (Lipinski definition) is 6. The summed E-state index contributed by atoms with van der Waals surface area (Å²) in [6.45, 7) is 12.0. The number of aliphatic hydroxyl groups excluding tert-OH is 1. The molecule has 9 nitrogen and oxygen atoms in total. The lowest BCUT2D eigenvalue weighted by molar-refractivity contribution is -0.146. The number of phenols is 1. The largest absolute Gasteiger partial charge is 0.508 e. The van der Waals surface area contributed by atoms with Crippen LogP contribution in [-0.4, -0.2) is 63.4 Å². The minimum atomic E-state index is -1.30. The molecule has 0 saturated heterocycles. The van der Waals surface area contributed by atoms with Gasteiger partial charge in [-0.3, -0.25) is 9.59 Å². The van der Waals surface area contributed by atoms with Crippen molar-refractivity contribution in [1.29, 1.82) is 0 Å². The van der Waals surface area contributed by atoms with Crippen molar-refractivity contribution >= 4 is 17.9 Å². The summed E-state index contributed by atoms with van der Waals surface area (Å²) in [5.41, 5.74) is -0.283. The molecule has 4 N–H and O–H groups in total. The summed E-state index contributed by atoms with van der Waals surface area (Å²) in [6.07, 6.45) is 1.34. The number of amides is 3. The maximum absolute atomic E-state index is 13.6. The molecule has 4 atom stereocenters. The maximum atomic E-state index is 13.6. The van der Waals surface area contributed by atoms with Gasteiger partial charge in [-0.25, -0.2) is 4.79 Å². The molecule has 0 heterocycles. The van der Waals surface area contributed by atoms with Crippen LogP contribution in [0.15, 0.2) is 24.3 Å². The van der Waals surface area contributed by atoms with E-state index in [0.717, 1.165) is 12.8 Å². The fraction of sp³-hybridized carbons (Fsp3) is 0.640. The number of nitrogens with one attached hydrogen (secondary N) is 2. The van der Waals surface area contributed by atoms with Crippen LogP contribution in [0.3, 0.4) is 0 Å². The van der Waals surface area contributed by atoms with E-state index in [1.54, 1.807) is 39.8 Å². The monoisotopic (exact) mass is 479 g/mol. The molecule has 4 unspecified atom stereocenters. The molecule has 0 saturated carbocycles. The van der Waals surface area contributed by atoms with E-state index in [4.69, 9.17) is 4.74 Å². The Morgan fingerprint density at radius 2 is 1.65 bits per heavy atom. The van der Waals surface area contributed by atoms with Crippen molar-refractivity contribution in [3.63, 3.8) is 0 Å². The van der Waals surface area contributed by atoms with E-state index in [1.807, 2.05) is 20.8 Å². The molecule has 0 radical (unpaired) electrons. The number of alkyl carbamates (subject to hydrolysis) is 1. The number of phenolic OH excluding ortho intramolecular Hbond substituents is 1. The zero-order valence-electron chi connectivity index (χ0n) is 21.4. The van der Waals surface area contributed by atoms with E-state index < -0.39 is 42.3 Å². The first kappa shape index (κ1) is 29.2. The second-order valence-corrected chi connectivity index (χ2v) is 9.58. The lowest BCUT2D eigenvalue weighted by Gasteiger charge is -2.38. The second-order valence-electron chi connectivity index (χ2n) is 9.58. The Hall–Kier alpha value is -2.81. The number of nitrogens with zero attached hydrogens (tertiary/aromatic N) is 1. The van der Waals surface area contributed by atoms with Gasteiger partial charge >= 0.3 is 6.09 Å². The van der Waals surface area contributed by atoms with Crippen LogP contribution in [0.25, 0.3) is 0 Å². The quantitative estimate of drug-likeness (QED) is 0.386. The van der Waals surface area contributed by atoms with Gasteiger partial charge in [0.15, 0.2) is 0 Å². The first-order valence-electron chi connectivity index (χ1n) is 11.9. The van der Waals surface area contributed by atoms with Crippen molar-refractivity contribution in [3.8, 4) is 5.75 Å². The van der Waals surface area contributed by atoms with Gasteiger partial charge in [-0.15, -0.1) is 0 Å². The van der Waals surface area contributed by atoms with Gasteiger partial charge in [-0.2, -0.15) is 0 Å². The highest BCUT2D eigenvalue weighted by atomic mass is 16.6. The zero-order valence-corrected chi connectivity index (χ0v) is 21.4. The summed E-state index contributed by atoms with van der Waals surface area (Å²) in [4.78, 5) is 40.8. The third kappa shape index (κ3) is 8.85. The van der Waals surface area contributed by atoms with E-state index in [1.165, 1.54) is 17.0 Å². The molecule has 0 aliphatic rings. The van der Waals surface area contributed by atoms with Crippen LogP contribution in [0.4, 0.5) is 4.79 Å². The van der Waals surface area contributed by atoms with Crippen LogP contribution >= 0.6 is 0 Å². The average Bonchev–Trinajstić information content (AvgIpc) is 2.74. The summed E-state index contributed by atoms with van der Waals surface area (Å²) in [5.74, 6) is -0.961. The topological polar surface area (TPSA) is 128 Å². The van der Waals surface area contributed by atoms with E-state index in [-0.39, 0.29) is 17.7 Å². The van der Waals surface area contributed by atoms with Gasteiger partial charge in [-0.05, 0) is 65.2 Å². The number of rotatable bonds is 11. The molecule has 0 fully saturated rings. The fourth-order valence-electron chi connectivity index (χ4n) is 3.53. The smallest absolute Gasteiger partial charge is 0.408 e. The lowest BCUT2D eigenvalue weighted by atomic mass is 9.99. The molecule has 0 bridgehead atoms. The Balaban J connectivity index is 3.40. The van der Waals surface area contributed by atoms with Crippen LogP contribution < -0.4 is 10.6 Å². The number of carbonyl (C=O) groups is 3. The van der Waals surface area contributed by atoms with Crippen molar-refractivity contribution in [1.82, 2.24) is 15.5 Å². The lowest BCUT2D eigenvalue weighted by Crippen LogP contribution is -2.57. The molecule has 1 aromatic carbocycles. The van der Waals surface area contributed by atoms with Crippen molar-refractivity contribution in [2.45, 2.75) is 97.5 Å². The fourth-order valence-corrected chi connectivity index (χ4v) is 3.53. The first-order valence-corrected chi connectivity index (χ1v) is 11.9. The van der Waals surface area contributed by atoms with Gasteiger partial charge in [-0.1, -0.05) is 32.4 Å². The molecule has 0 spiro atoms. The van der Waals surface area contributed by atoms with E-state index in [2.05, 4.69) is 10.6 Å². The molecule has 3 amide bonds. The van der Waals surface area contributed by atoms with Gasteiger partial charge in [0, 0.05) is 12.1 Å². The maximum Gasteiger partial charge on any atom is 0.408 e. The highest BCUT2D eigenvalue weighted by molar-refractivity contribution is 5.92. The summed E-state index contributed by atoms with van der Waals surface area (Å²) >= 11 is 0. The summed E-state index contributed by atoms with van der Waals surface area (Å²) in [5, 5.41) is 25.1. The summed E-state index contributed by atoms with van der Waals surface area (Å²) in [7, 11) is 0. The highest BCUT2D eigenvalue weighted by Crippen LogP contribution is 2.27. The highest BCUT2D eigenvalue weighted by Gasteiger charge is 2.38. The molecule has 0 aliphatic heterocycles. The van der Waals surface area contributed by atoms with Crippen molar-refractivity contribution in [2.75, 3.05) is 6.61 Å². The molecule has 0 aromatic heterocycles. The van der Waals surface area contributed by atoms with Gasteiger partial charge in [0.1, 0.15) is 23.4 Å². The summed E-state index contributed by atoms with van der Waals surface area (Å²) in [6, 6.07) is 3.23. The SMILES string of the molecule is CCCC(C)NC(=O)C(c1ccc(O)cc1)N(C(=O)C(CO)NC(=O)OC(C)(C)C)C(C)CC. The van der Waals surface area contributed by atoms with Crippen molar-refractivity contribution in [3.05, 3.63) is 29.8 Å². The second kappa shape index (κ2) is 13.2. The number of aromatic hydroxyl groups is 1. The zero-order chi connectivity index (χ0) is 26.1. The molecule has 0 aliphatic carbocycles. The predicted octanol–water partition coefficient (Wildman–Crippen LogP) is 3.25. The van der Waals surface area contributed by atoms with Crippen LogP contribution in [-0.2, 0) is 14.3 Å². The minimum Gasteiger partial charge on any atom is -0.508 e. The Morgan fingerprint density at radius 3 is 2.12 bits per heavy atom. The third-order valence-electron chi connectivity index (χ3n) is 5.34. The van der Waals surface area contributed by atoms with Gasteiger partial charge in [0.25, 0.3) is 0 Å². The Kier molecular flexibility index (Phi) is 11.3. The Bertz CT molecular complexity index is 806. The van der Waals surface area contributed by atoms with Crippen LogP contribution in [0, 0.1) is 0 Å². The van der Waals surface area contributed by atoms with Gasteiger partial charge in [0.2, 0.25) is 11.8 Å². The molecular formula is C25H41N3O6. The number of hydrogen-bond donors (Lipinski definition) is 4. The number of carbonyl (C=O) groups excluding carboxylic acids is 3. The van der Waals surface area contributed by atoms with Gasteiger partial charge in [0.05, 0.1) is 6.61 Å². The van der Waals surface area contributed by atoms with E-state index in [0.29, 0.717) is 12.0 Å². The average molecular weight is 480 g/mol. The standard InChI is InChI=1S/C25H41N3O6/c1-8-10-16(3)26-22(31)21(18-11-13-19(30)14-12-18)28(17(4)9-2)23(32)20(15-29)27-24(33)34-25(5,6)7/h11-14,16-17,20-21,29-30H,8-10,15H2,1-7H3,(H,26,31)(H,27,33). The van der Waals surface area contributed by atoms with Crippen LogP contribution in [0.1, 0.15) is 79.3 Å². The van der Waals surface area contributed by atoms with E-state index >= 15 is 0 Å². The normalized spacial score (nSPS) is 14.9. The minimum absolute atomic E-state index is 0.0310. The third-order valence-corrected chi connectivity index (χ3v) is 5.34.